The highest BCUT2D eigenvalue weighted by molar-refractivity contribution is 5.42. The molecule has 30 heavy (non-hydrogen) atoms. The zero-order chi connectivity index (χ0) is 21.1. The molecule has 3 heterocycles. The molecule has 2 saturated carbocycles. The molecule has 4 fully saturated rings. The molecule has 0 spiro atoms. The second-order valence-corrected chi connectivity index (χ2v) is 11.3. The van der Waals surface area contributed by atoms with Crippen LogP contribution in [-0.2, 0) is 9.47 Å². The van der Waals surface area contributed by atoms with Crippen molar-refractivity contribution in [3.63, 3.8) is 0 Å². The first kappa shape index (κ1) is 20.6. The highest BCUT2D eigenvalue weighted by atomic mass is 16.5. The van der Waals surface area contributed by atoms with E-state index in [1.807, 2.05) is 0 Å². The first-order chi connectivity index (χ1) is 14.1. The molecule has 0 radical (unpaired) electrons. The van der Waals surface area contributed by atoms with Gasteiger partial charge in [-0.05, 0) is 66.7 Å². The molecule has 2 aliphatic carbocycles. The Morgan fingerprint density at radius 3 is 2.47 bits per heavy atom. The van der Waals surface area contributed by atoms with E-state index in [-0.39, 0.29) is 22.8 Å². The number of ether oxygens (including phenoxy) is 2. The van der Waals surface area contributed by atoms with E-state index < -0.39 is 0 Å². The molecule has 7 nitrogen and oxygen atoms in total. The van der Waals surface area contributed by atoms with Gasteiger partial charge < -0.3 is 14.4 Å². The van der Waals surface area contributed by atoms with Crippen LogP contribution in [0.25, 0.3) is 0 Å². The van der Waals surface area contributed by atoms with Crippen molar-refractivity contribution in [1.29, 1.82) is 0 Å². The number of hydrazine groups is 1. The molecule has 2 saturated heterocycles. The summed E-state index contributed by atoms with van der Waals surface area (Å²) in [6, 6.07) is 2.85. The highest BCUT2D eigenvalue weighted by Gasteiger charge is 2.46. The summed E-state index contributed by atoms with van der Waals surface area (Å²) in [6.07, 6.45) is 7.88. The summed E-state index contributed by atoms with van der Waals surface area (Å²) in [4.78, 5) is 11.6. The number of fused-ring (bicyclic) bond motifs is 1. The lowest BCUT2D eigenvalue weighted by molar-refractivity contribution is -0.133. The Hall–Kier alpha value is -1.28. The number of nitrogens with one attached hydrogen (secondary N) is 2. The van der Waals surface area contributed by atoms with Crippen LogP contribution in [-0.4, -0.2) is 52.0 Å². The van der Waals surface area contributed by atoms with Gasteiger partial charge in [-0.2, -0.15) is 0 Å². The van der Waals surface area contributed by atoms with E-state index in [4.69, 9.17) is 9.47 Å². The van der Waals surface area contributed by atoms with Gasteiger partial charge in [-0.1, -0.05) is 0 Å². The predicted octanol–water partition coefficient (Wildman–Crippen LogP) is 3.13. The Kier molecular flexibility index (Phi) is 4.89. The third-order valence-electron chi connectivity index (χ3n) is 7.12. The molecule has 1 aromatic rings. The number of nitrogens with zero attached hydrogens (tertiary/aromatic N) is 3. The lowest BCUT2D eigenvalue weighted by Crippen LogP contribution is -2.57. The van der Waals surface area contributed by atoms with Crippen molar-refractivity contribution in [2.45, 2.75) is 102 Å². The lowest BCUT2D eigenvalue weighted by Gasteiger charge is -2.47. The molecule has 4 unspecified atom stereocenters. The molecule has 4 atom stereocenters. The maximum absolute atomic E-state index is 6.44. The van der Waals surface area contributed by atoms with Crippen LogP contribution in [0.15, 0.2) is 12.4 Å². The summed E-state index contributed by atoms with van der Waals surface area (Å²) in [5, 5.41) is 0. The maximum Gasteiger partial charge on any atom is 0.132 e. The Labute approximate surface area is 180 Å². The summed E-state index contributed by atoms with van der Waals surface area (Å²) < 4.78 is 12.7. The van der Waals surface area contributed by atoms with Gasteiger partial charge in [0.2, 0.25) is 0 Å². The Morgan fingerprint density at radius 2 is 1.77 bits per heavy atom. The van der Waals surface area contributed by atoms with E-state index in [9.17, 15) is 0 Å². The van der Waals surface area contributed by atoms with Gasteiger partial charge in [0.05, 0.1) is 34.6 Å². The number of aromatic nitrogens is 2. The van der Waals surface area contributed by atoms with Crippen molar-refractivity contribution in [2.24, 2.45) is 5.92 Å². The fourth-order valence-electron chi connectivity index (χ4n) is 5.77. The second-order valence-electron chi connectivity index (χ2n) is 11.3. The zero-order valence-corrected chi connectivity index (χ0v) is 19.1. The van der Waals surface area contributed by atoms with Crippen molar-refractivity contribution in [1.82, 2.24) is 20.8 Å². The summed E-state index contributed by atoms with van der Waals surface area (Å²) in [6.45, 7) is 12.5. The van der Waals surface area contributed by atoms with Crippen molar-refractivity contribution < 1.29 is 9.47 Å². The Morgan fingerprint density at radius 1 is 1.03 bits per heavy atom. The number of morpholine rings is 1. The van der Waals surface area contributed by atoms with E-state index in [1.165, 1.54) is 12.8 Å². The van der Waals surface area contributed by atoms with Gasteiger partial charge >= 0.3 is 0 Å². The average Bonchev–Trinajstić information content (AvgIpc) is 3.22. The molecular weight excluding hydrogens is 378 g/mol. The minimum atomic E-state index is -0.210. The van der Waals surface area contributed by atoms with Crippen molar-refractivity contribution in [3.05, 3.63) is 18.1 Å². The second kappa shape index (κ2) is 7.12. The zero-order valence-electron chi connectivity index (χ0n) is 19.1. The lowest BCUT2D eigenvalue weighted by atomic mass is 9.79. The first-order valence-electron chi connectivity index (χ1n) is 11.6. The fourth-order valence-corrected chi connectivity index (χ4v) is 5.77. The molecule has 1 aromatic heterocycles. The van der Waals surface area contributed by atoms with E-state index in [1.54, 1.807) is 6.33 Å². The molecule has 166 valence electrons. The van der Waals surface area contributed by atoms with E-state index >= 15 is 0 Å². The van der Waals surface area contributed by atoms with Crippen LogP contribution in [0.1, 0.15) is 78.5 Å². The average molecular weight is 416 g/mol. The number of anilines is 1. The number of hydrogen-bond donors (Lipinski definition) is 2. The smallest absolute Gasteiger partial charge is 0.132 e. The van der Waals surface area contributed by atoms with Crippen LogP contribution in [0.5, 0.6) is 0 Å². The van der Waals surface area contributed by atoms with E-state index in [2.05, 4.69) is 66.4 Å². The van der Waals surface area contributed by atoms with Crippen molar-refractivity contribution >= 4 is 5.82 Å². The quantitative estimate of drug-likeness (QED) is 0.783. The normalized spacial score (nSPS) is 36.4. The Bertz CT molecular complexity index is 778. The number of hydrogen-bond acceptors (Lipinski definition) is 7. The highest BCUT2D eigenvalue weighted by Crippen LogP contribution is 2.45. The molecule has 0 aromatic carbocycles. The van der Waals surface area contributed by atoms with Gasteiger partial charge in [-0.3, -0.25) is 5.43 Å². The van der Waals surface area contributed by atoms with Gasteiger partial charge in [0.25, 0.3) is 0 Å². The van der Waals surface area contributed by atoms with Gasteiger partial charge in [-0.15, -0.1) is 0 Å². The molecule has 4 aliphatic rings. The van der Waals surface area contributed by atoms with Crippen molar-refractivity contribution in [2.75, 3.05) is 18.0 Å². The topological polar surface area (TPSA) is 71.5 Å². The van der Waals surface area contributed by atoms with Crippen LogP contribution >= 0.6 is 0 Å². The third-order valence-corrected chi connectivity index (χ3v) is 7.12. The maximum atomic E-state index is 6.44. The standard InChI is InChI=1S/C23H37N5O2/c1-21(2)12-28(13-22(3,4)30-21)19-11-18(24-14-25-19)20-16-10-15(29-23(5)8-9-23)6-7-17(16)26-27-20/h11,14-17,20,26-27H,6-10,12-13H2,1-5H3. The van der Waals surface area contributed by atoms with Crippen LogP contribution in [0.4, 0.5) is 5.82 Å². The molecule has 0 bridgehead atoms. The van der Waals surface area contributed by atoms with Gasteiger partial charge in [0.1, 0.15) is 12.1 Å². The number of rotatable bonds is 4. The van der Waals surface area contributed by atoms with E-state index in [0.29, 0.717) is 18.1 Å². The van der Waals surface area contributed by atoms with Crippen LogP contribution in [0.3, 0.4) is 0 Å². The molecule has 0 amide bonds. The molecule has 2 aliphatic heterocycles. The summed E-state index contributed by atoms with van der Waals surface area (Å²) in [5.41, 5.74) is 7.86. The minimum Gasteiger partial charge on any atom is -0.372 e. The minimum absolute atomic E-state index is 0.143. The van der Waals surface area contributed by atoms with Crippen LogP contribution < -0.4 is 15.8 Å². The fraction of sp³-hybridized carbons (Fsp3) is 0.826. The van der Waals surface area contributed by atoms with Crippen LogP contribution in [0.2, 0.25) is 0 Å². The molecular formula is C23H37N5O2. The Balaban J connectivity index is 1.33. The largest absolute Gasteiger partial charge is 0.372 e. The molecule has 7 heteroatoms. The van der Waals surface area contributed by atoms with Gasteiger partial charge in [-0.25, -0.2) is 15.4 Å². The predicted molar refractivity (Wildman–Crippen MR) is 116 cm³/mol. The monoisotopic (exact) mass is 415 g/mol. The van der Waals surface area contributed by atoms with Gasteiger partial charge in [0, 0.05) is 31.1 Å². The molecule has 2 N–H and O–H groups in total. The van der Waals surface area contributed by atoms with Crippen LogP contribution in [0, 0.1) is 5.92 Å². The molecule has 5 rings (SSSR count). The summed E-state index contributed by atoms with van der Waals surface area (Å²) in [5.74, 6) is 1.48. The summed E-state index contributed by atoms with van der Waals surface area (Å²) >= 11 is 0. The SMILES string of the molecule is CC1(C)CN(c2cc(C3NNC4CCC(OC5(C)CC5)CC43)ncn2)CC(C)(C)O1. The first-order valence-corrected chi connectivity index (χ1v) is 11.6. The third kappa shape index (κ3) is 4.22. The summed E-state index contributed by atoms with van der Waals surface area (Å²) in [7, 11) is 0. The van der Waals surface area contributed by atoms with Crippen molar-refractivity contribution in [3.8, 4) is 0 Å². The van der Waals surface area contributed by atoms with Gasteiger partial charge in [0.15, 0.2) is 0 Å². The van der Waals surface area contributed by atoms with E-state index in [0.717, 1.165) is 43.9 Å².